The van der Waals surface area contributed by atoms with Crippen molar-refractivity contribution < 1.29 is 4.42 Å². The van der Waals surface area contributed by atoms with Crippen molar-refractivity contribution in [2.24, 2.45) is 0 Å². The molecule has 0 saturated heterocycles. The van der Waals surface area contributed by atoms with Gasteiger partial charge in [-0.25, -0.2) is 0 Å². The minimum atomic E-state index is 0.794. The molecule has 0 amide bonds. The van der Waals surface area contributed by atoms with Crippen LogP contribution >= 0.6 is 0 Å². The van der Waals surface area contributed by atoms with Gasteiger partial charge in [-0.15, -0.1) is 0 Å². The number of furan rings is 1. The summed E-state index contributed by atoms with van der Waals surface area (Å²) >= 11 is 0. The number of aromatic nitrogens is 1. The first-order valence-corrected chi connectivity index (χ1v) is 17.6. The fraction of sp³-hybridized carbons (Fsp3) is 0. The Morgan fingerprint density at radius 2 is 0.885 bits per heavy atom. The van der Waals surface area contributed by atoms with E-state index in [4.69, 9.17) is 4.42 Å². The molecule has 0 N–H and O–H groups in total. The van der Waals surface area contributed by atoms with Crippen molar-refractivity contribution in [3.63, 3.8) is 0 Å². The molecule has 0 unspecified atom stereocenters. The van der Waals surface area contributed by atoms with Crippen LogP contribution in [0, 0.1) is 0 Å². The van der Waals surface area contributed by atoms with Crippen LogP contribution in [-0.2, 0) is 0 Å². The highest BCUT2D eigenvalue weighted by Crippen LogP contribution is 2.41. The lowest BCUT2D eigenvalue weighted by Crippen LogP contribution is -2.09. The van der Waals surface area contributed by atoms with Crippen molar-refractivity contribution in [1.29, 1.82) is 0 Å². The van der Waals surface area contributed by atoms with Gasteiger partial charge in [0.15, 0.2) is 5.58 Å². The number of fused-ring (bicyclic) bond motifs is 6. The smallest absolute Gasteiger partial charge is 0.154 e. The quantitative estimate of drug-likeness (QED) is 0.166. The third-order valence-electron chi connectivity index (χ3n) is 10.2. The Kier molecular flexibility index (Phi) is 7.14. The molecule has 0 aliphatic heterocycles. The van der Waals surface area contributed by atoms with Crippen LogP contribution in [0.25, 0.3) is 76.9 Å². The first-order valence-electron chi connectivity index (χ1n) is 17.6. The molecule has 244 valence electrons. The fourth-order valence-corrected chi connectivity index (χ4v) is 7.65. The van der Waals surface area contributed by atoms with E-state index >= 15 is 0 Å². The summed E-state index contributed by atoms with van der Waals surface area (Å²) in [4.78, 5) is 6.86. The molecule has 3 heteroatoms. The summed E-state index contributed by atoms with van der Waals surface area (Å²) in [7, 11) is 0. The summed E-state index contributed by atoms with van der Waals surface area (Å²) in [6, 6.07) is 65.0. The van der Waals surface area contributed by atoms with Crippen LogP contribution in [0.2, 0.25) is 0 Å². The molecule has 0 radical (unpaired) electrons. The van der Waals surface area contributed by atoms with Crippen molar-refractivity contribution in [3.8, 4) is 33.4 Å². The monoisotopic (exact) mass is 664 g/mol. The molecule has 0 aliphatic rings. The van der Waals surface area contributed by atoms with Gasteiger partial charge in [-0.05, 0) is 97.9 Å². The summed E-state index contributed by atoms with van der Waals surface area (Å²) in [5.74, 6) is 0. The van der Waals surface area contributed by atoms with Gasteiger partial charge in [0.2, 0.25) is 0 Å². The molecule has 2 aromatic heterocycles. The zero-order valence-corrected chi connectivity index (χ0v) is 28.3. The van der Waals surface area contributed by atoms with Crippen molar-refractivity contribution in [2.75, 3.05) is 4.90 Å². The van der Waals surface area contributed by atoms with Crippen molar-refractivity contribution in [2.45, 2.75) is 0 Å². The third-order valence-corrected chi connectivity index (χ3v) is 10.2. The SMILES string of the molecule is c1ccc(-c2ccc(N(c3ccc(-c4cc5ccccc5c5ccccc45)cc3)c3ccc(-c4cncc5oc6ccccc6c45)cc3)cc2)cc1. The molecule has 0 fully saturated rings. The van der Waals surface area contributed by atoms with E-state index in [1.54, 1.807) is 6.20 Å². The Bertz CT molecular complexity index is 2870. The van der Waals surface area contributed by atoms with E-state index in [-0.39, 0.29) is 0 Å². The minimum absolute atomic E-state index is 0.794. The number of anilines is 3. The molecule has 0 spiro atoms. The molecule has 8 aromatic carbocycles. The molecule has 2 heterocycles. The number of hydrogen-bond donors (Lipinski definition) is 0. The van der Waals surface area contributed by atoms with E-state index in [0.717, 1.165) is 50.1 Å². The van der Waals surface area contributed by atoms with Gasteiger partial charge in [0.05, 0.1) is 6.20 Å². The average Bonchev–Trinajstić information content (AvgIpc) is 3.61. The van der Waals surface area contributed by atoms with Gasteiger partial charge < -0.3 is 9.32 Å². The largest absolute Gasteiger partial charge is 0.454 e. The Morgan fingerprint density at radius 1 is 0.365 bits per heavy atom. The van der Waals surface area contributed by atoms with Crippen LogP contribution in [0.3, 0.4) is 0 Å². The number of nitrogens with zero attached hydrogens (tertiary/aromatic N) is 2. The van der Waals surface area contributed by atoms with Gasteiger partial charge in [0.1, 0.15) is 5.58 Å². The standard InChI is InChI=1S/C49H32N2O/c1-2-10-33(11-3-1)34-18-24-38(25-19-34)51(40-28-22-36(23-29-40)46-31-50-32-48-49(46)44-16-8-9-17-47(44)52-48)39-26-20-35(21-27-39)45-30-37-12-4-5-13-41(37)42-14-6-7-15-43(42)45/h1-32H. The van der Waals surface area contributed by atoms with Crippen LogP contribution in [-0.4, -0.2) is 4.98 Å². The second-order valence-electron chi connectivity index (χ2n) is 13.2. The Hall–Kier alpha value is -6.97. The topological polar surface area (TPSA) is 29.3 Å². The minimum Gasteiger partial charge on any atom is -0.454 e. The van der Waals surface area contributed by atoms with E-state index in [1.807, 2.05) is 18.3 Å². The first kappa shape index (κ1) is 29.9. The van der Waals surface area contributed by atoms with E-state index in [9.17, 15) is 0 Å². The van der Waals surface area contributed by atoms with Crippen molar-refractivity contribution in [1.82, 2.24) is 4.98 Å². The fourth-order valence-electron chi connectivity index (χ4n) is 7.65. The van der Waals surface area contributed by atoms with Crippen molar-refractivity contribution >= 4 is 60.5 Å². The van der Waals surface area contributed by atoms with Gasteiger partial charge in [-0.2, -0.15) is 0 Å². The average molecular weight is 665 g/mol. The second kappa shape index (κ2) is 12.4. The molecular weight excluding hydrogens is 633 g/mol. The molecule has 10 aromatic rings. The van der Waals surface area contributed by atoms with Crippen LogP contribution in [0.1, 0.15) is 0 Å². The molecule has 0 bridgehead atoms. The molecule has 10 rings (SSSR count). The lowest BCUT2D eigenvalue weighted by molar-refractivity contribution is 0.667. The van der Waals surface area contributed by atoms with Gasteiger partial charge >= 0.3 is 0 Å². The molecular formula is C49H32N2O. The predicted octanol–water partition coefficient (Wildman–Crippen LogP) is 13.8. The third kappa shape index (κ3) is 5.10. The Labute approximate surface area is 301 Å². The maximum Gasteiger partial charge on any atom is 0.154 e. The molecule has 3 nitrogen and oxygen atoms in total. The first-order chi connectivity index (χ1) is 25.8. The van der Waals surface area contributed by atoms with Gasteiger partial charge in [0, 0.05) is 39.6 Å². The summed E-state index contributed by atoms with van der Waals surface area (Å²) in [5.41, 5.74) is 11.9. The van der Waals surface area contributed by atoms with E-state index in [2.05, 4.69) is 180 Å². The summed E-state index contributed by atoms with van der Waals surface area (Å²) in [6.07, 6.45) is 3.74. The highest BCUT2D eigenvalue weighted by Gasteiger charge is 2.17. The van der Waals surface area contributed by atoms with E-state index < -0.39 is 0 Å². The lowest BCUT2D eigenvalue weighted by Gasteiger charge is -2.26. The normalized spacial score (nSPS) is 11.5. The maximum atomic E-state index is 6.15. The zero-order valence-electron chi connectivity index (χ0n) is 28.3. The molecule has 0 saturated carbocycles. The molecule has 0 atom stereocenters. The lowest BCUT2D eigenvalue weighted by atomic mass is 9.93. The summed E-state index contributed by atoms with van der Waals surface area (Å²) in [6.45, 7) is 0. The highest BCUT2D eigenvalue weighted by molar-refractivity contribution is 6.14. The number of pyridine rings is 1. The van der Waals surface area contributed by atoms with Gasteiger partial charge in [-0.3, -0.25) is 4.98 Å². The van der Waals surface area contributed by atoms with Crippen LogP contribution in [0.5, 0.6) is 0 Å². The van der Waals surface area contributed by atoms with E-state index in [0.29, 0.717) is 0 Å². The maximum absolute atomic E-state index is 6.15. The number of hydrogen-bond acceptors (Lipinski definition) is 3. The highest BCUT2D eigenvalue weighted by atomic mass is 16.3. The van der Waals surface area contributed by atoms with Crippen molar-refractivity contribution in [3.05, 3.63) is 194 Å². The Morgan fingerprint density at radius 3 is 1.58 bits per heavy atom. The number of para-hydroxylation sites is 1. The Balaban J connectivity index is 1.07. The molecule has 0 aliphatic carbocycles. The van der Waals surface area contributed by atoms with Crippen LogP contribution in [0.15, 0.2) is 199 Å². The van der Waals surface area contributed by atoms with E-state index in [1.165, 1.54) is 43.8 Å². The summed E-state index contributed by atoms with van der Waals surface area (Å²) < 4.78 is 6.15. The number of rotatable bonds is 6. The van der Waals surface area contributed by atoms with Crippen LogP contribution in [0.4, 0.5) is 17.1 Å². The molecule has 52 heavy (non-hydrogen) atoms. The second-order valence-corrected chi connectivity index (χ2v) is 13.2. The van der Waals surface area contributed by atoms with Gasteiger partial charge in [-0.1, -0.05) is 133 Å². The zero-order chi connectivity index (χ0) is 34.4. The van der Waals surface area contributed by atoms with Gasteiger partial charge in [0.25, 0.3) is 0 Å². The van der Waals surface area contributed by atoms with Crippen LogP contribution < -0.4 is 4.90 Å². The number of benzene rings is 8. The summed E-state index contributed by atoms with van der Waals surface area (Å²) in [5, 5.41) is 7.23. The predicted molar refractivity (Wildman–Crippen MR) is 218 cm³/mol.